The van der Waals surface area contributed by atoms with Gasteiger partial charge in [0.25, 0.3) is 0 Å². The third kappa shape index (κ3) is 4.14. The first-order valence-corrected chi connectivity index (χ1v) is 9.14. The summed E-state index contributed by atoms with van der Waals surface area (Å²) in [6.45, 7) is 3.56. The van der Waals surface area contributed by atoms with Gasteiger partial charge in [-0.3, -0.25) is 4.90 Å². The molecule has 0 atom stereocenters. The number of anilines is 1. The molecule has 0 spiro atoms. The van der Waals surface area contributed by atoms with Crippen LogP contribution in [0.1, 0.15) is 11.1 Å². The number of carbonyl (C=O) groups excluding carboxylic acids is 1. The molecular formula is C19H22BClN2O3. The Hall–Kier alpha value is -2.18. The second kappa shape index (κ2) is 8.47. The zero-order chi connectivity index (χ0) is 18.5. The molecule has 1 heterocycles. The van der Waals surface area contributed by atoms with E-state index in [-0.39, 0.29) is 12.9 Å². The monoisotopic (exact) mass is 372 g/mol. The second-order valence-corrected chi connectivity index (χ2v) is 6.57. The zero-order valence-electron chi connectivity index (χ0n) is 15.0. The molecule has 0 aromatic heterocycles. The van der Waals surface area contributed by atoms with E-state index >= 15 is 0 Å². The molecule has 0 saturated heterocycles. The van der Waals surface area contributed by atoms with Crippen molar-refractivity contribution in [2.24, 2.45) is 0 Å². The fourth-order valence-corrected chi connectivity index (χ4v) is 3.10. The van der Waals surface area contributed by atoms with E-state index in [9.17, 15) is 4.79 Å². The van der Waals surface area contributed by atoms with Crippen molar-refractivity contribution in [3.05, 3.63) is 53.6 Å². The Morgan fingerprint density at radius 3 is 2.77 bits per heavy atom. The van der Waals surface area contributed by atoms with E-state index < -0.39 is 0 Å². The predicted octanol–water partition coefficient (Wildman–Crippen LogP) is 3.01. The van der Waals surface area contributed by atoms with Crippen molar-refractivity contribution in [2.45, 2.75) is 20.0 Å². The van der Waals surface area contributed by atoms with Crippen molar-refractivity contribution in [2.75, 3.05) is 24.4 Å². The number of carbonyl (C=O) groups is 1. The van der Waals surface area contributed by atoms with Crippen LogP contribution < -0.4 is 20.4 Å². The Balaban J connectivity index is 1.87. The average molecular weight is 373 g/mol. The number of fused-ring (bicyclic) bond motifs is 1. The highest BCUT2D eigenvalue weighted by molar-refractivity contribution is 6.67. The quantitative estimate of drug-likeness (QED) is 0.626. The van der Waals surface area contributed by atoms with Gasteiger partial charge in [-0.25, -0.2) is 4.79 Å². The summed E-state index contributed by atoms with van der Waals surface area (Å²) in [4.78, 5) is 14.4. The summed E-state index contributed by atoms with van der Waals surface area (Å²) in [5.74, 6) is 1.16. The Morgan fingerprint density at radius 2 is 2.08 bits per heavy atom. The predicted molar refractivity (Wildman–Crippen MR) is 106 cm³/mol. The lowest BCUT2D eigenvalue weighted by atomic mass is 9.64. The normalized spacial score (nSPS) is 12.7. The van der Waals surface area contributed by atoms with Gasteiger partial charge in [0.15, 0.2) is 0 Å². The van der Waals surface area contributed by atoms with E-state index in [0.29, 0.717) is 25.6 Å². The van der Waals surface area contributed by atoms with Crippen molar-refractivity contribution >= 4 is 35.7 Å². The van der Waals surface area contributed by atoms with Crippen LogP contribution in [0.2, 0.25) is 6.82 Å². The van der Waals surface area contributed by atoms with Crippen LogP contribution in [-0.2, 0) is 17.8 Å². The fourth-order valence-electron chi connectivity index (χ4n) is 3.01. The second-order valence-electron chi connectivity index (χ2n) is 6.19. The van der Waals surface area contributed by atoms with Crippen molar-refractivity contribution in [1.29, 1.82) is 0 Å². The number of hydrogen-bond donors (Lipinski definition) is 1. The average Bonchev–Trinajstić information content (AvgIpc) is 3.05. The van der Waals surface area contributed by atoms with Gasteiger partial charge < -0.3 is 14.7 Å². The first-order valence-electron chi connectivity index (χ1n) is 8.61. The topological polar surface area (TPSA) is 50.8 Å². The van der Waals surface area contributed by atoms with E-state index in [0.717, 1.165) is 22.5 Å². The summed E-state index contributed by atoms with van der Waals surface area (Å²) in [5, 5.41) is 2.85. The SMILES string of the molecule is COc1ccc(CN(C(=O)NCCCl)c2ccc3c(c2)B(C)OC3)cc1. The minimum atomic E-state index is -0.173. The number of methoxy groups -OCH3 is 1. The van der Waals surface area contributed by atoms with Gasteiger partial charge in [-0.1, -0.05) is 25.0 Å². The summed E-state index contributed by atoms with van der Waals surface area (Å²) in [6, 6.07) is 13.6. The number of amides is 2. The molecule has 2 aromatic carbocycles. The maximum absolute atomic E-state index is 12.7. The molecule has 0 radical (unpaired) electrons. The van der Waals surface area contributed by atoms with Crippen LogP contribution in [0.4, 0.5) is 10.5 Å². The lowest BCUT2D eigenvalue weighted by Crippen LogP contribution is -2.41. The van der Waals surface area contributed by atoms with Gasteiger partial charge in [-0.15, -0.1) is 11.6 Å². The highest BCUT2D eigenvalue weighted by Gasteiger charge is 2.25. The van der Waals surface area contributed by atoms with E-state index in [4.69, 9.17) is 21.0 Å². The summed E-state index contributed by atoms with van der Waals surface area (Å²) in [5.41, 5.74) is 4.15. The van der Waals surface area contributed by atoms with E-state index in [1.807, 2.05) is 49.3 Å². The maximum atomic E-state index is 12.7. The Morgan fingerprint density at radius 1 is 1.31 bits per heavy atom. The molecule has 2 amide bonds. The Kier molecular flexibility index (Phi) is 6.06. The standard InChI is InChI=1S/C19H22BClN2O3/c1-20-18-11-16(6-5-15(18)13-26-20)23(19(24)22-10-9-21)12-14-3-7-17(25-2)8-4-14/h3-8,11H,9-10,12-13H2,1-2H3,(H,22,24). The van der Waals surface area contributed by atoms with Crippen LogP contribution >= 0.6 is 11.6 Å². The fraction of sp³-hybridized carbons (Fsp3) is 0.316. The number of ether oxygens (including phenoxy) is 1. The lowest BCUT2D eigenvalue weighted by Gasteiger charge is -2.24. The molecule has 0 aliphatic carbocycles. The summed E-state index contributed by atoms with van der Waals surface area (Å²) in [7, 11) is 1.63. The van der Waals surface area contributed by atoms with Crippen molar-refractivity contribution in [3.8, 4) is 5.75 Å². The number of halogens is 1. The van der Waals surface area contributed by atoms with Crippen LogP contribution in [-0.4, -0.2) is 32.5 Å². The first kappa shape index (κ1) is 18.6. The molecule has 0 saturated carbocycles. The van der Waals surface area contributed by atoms with Gasteiger partial charge in [0.1, 0.15) is 5.75 Å². The molecule has 2 aromatic rings. The number of alkyl halides is 1. The third-order valence-corrected chi connectivity index (χ3v) is 4.67. The van der Waals surface area contributed by atoms with Crippen molar-refractivity contribution in [3.63, 3.8) is 0 Å². The number of nitrogens with zero attached hydrogens (tertiary/aromatic N) is 1. The van der Waals surface area contributed by atoms with Crippen LogP contribution in [0.5, 0.6) is 5.75 Å². The van der Waals surface area contributed by atoms with Gasteiger partial charge in [0, 0.05) is 18.1 Å². The van der Waals surface area contributed by atoms with E-state index in [2.05, 4.69) is 5.32 Å². The minimum Gasteiger partial charge on any atom is -0.497 e. The number of nitrogens with one attached hydrogen (secondary N) is 1. The third-order valence-electron chi connectivity index (χ3n) is 4.48. The molecular weight excluding hydrogens is 350 g/mol. The number of hydrogen-bond acceptors (Lipinski definition) is 3. The van der Waals surface area contributed by atoms with Crippen LogP contribution in [0, 0.1) is 0 Å². The Bertz CT molecular complexity index is 770. The Labute approximate surface area is 159 Å². The number of urea groups is 1. The van der Waals surface area contributed by atoms with Crippen LogP contribution in [0.3, 0.4) is 0 Å². The molecule has 3 rings (SSSR count). The highest BCUT2D eigenvalue weighted by atomic mass is 35.5. The largest absolute Gasteiger partial charge is 0.497 e. The molecule has 0 unspecified atom stereocenters. The molecule has 0 fully saturated rings. The van der Waals surface area contributed by atoms with Gasteiger partial charge in [0.05, 0.1) is 20.3 Å². The van der Waals surface area contributed by atoms with E-state index in [1.165, 1.54) is 5.56 Å². The minimum absolute atomic E-state index is 0.0405. The van der Waals surface area contributed by atoms with Crippen molar-refractivity contribution < 1.29 is 14.2 Å². The zero-order valence-corrected chi connectivity index (χ0v) is 15.8. The lowest BCUT2D eigenvalue weighted by molar-refractivity contribution is 0.246. The summed E-state index contributed by atoms with van der Waals surface area (Å²) >= 11 is 5.72. The molecule has 1 N–H and O–H groups in total. The molecule has 1 aliphatic rings. The van der Waals surface area contributed by atoms with Gasteiger partial charge >= 0.3 is 12.9 Å². The highest BCUT2D eigenvalue weighted by Crippen LogP contribution is 2.22. The molecule has 5 nitrogen and oxygen atoms in total. The first-order chi connectivity index (χ1) is 12.6. The smallest absolute Gasteiger partial charge is 0.324 e. The molecule has 0 bridgehead atoms. The summed E-state index contributed by atoms with van der Waals surface area (Å²) < 4.78 is 10.9. The molecule has 7 heteroatoms. The van der Waals surface area contributed by atoms with E-state index in [1.54, 1.807) is 12.0 Å². The molecule has 136 valence electrons. The van der Waals surface area contributed by atoms with Crippen molar-refractivity contribution in [1.82, 2.24) is 5.32 Å². The van der Waals surface area contributed by atoms with Gasteiger partial charge in [0.2, 0.25) is 0 Å². The number of benzene rings is 2. The number of rotatable bonds is 6. The molecule has 1 aliphatic heterocycles. The molecule has 26 heavy (non-hydrogen) atoms. The van der Waals surface area contributed by atoms with Gasteiger partial charge in [-0.05, 0) is 40.9 Å². The van der Waals surface area contributed by atoms with Crippen LogP contribution in [0.15, 0.2) is 42.5 Å². The van der Waals surface area contributed by atoms with Crippen LogP contribution in [0.25, 0.3) is 0 Å². The maximum Gasteiger partial charge on any atom is 0.324 e. The van der Waals surface area contributed by atoms with Gasteiger partial charge in [-0.2, -0.15) is 0 Å². The summed E-state index contributed by atoms with van der Waals surface area (Å²) in [6.07, 6.45) is 0.